The van der Waals surface area contributed by atoms with Gasteiger partial charge in [-0.25, -0.2) is 4.98 Å². The van der Waals surface area contributed by atoms with Gasteiger partial charge in [0.1, 0.15) is 11.5 Å². The Morgan fingerprint density at radius 3 is 2.74 bits per heavy atom. The van der Waals surface area contributed by atoms with E-state index in [1.807, 2.05) is 0 Å². The number of carbonyl (C=O) groups is 1. The minimum atomic E-state index is -0.875. The topological polar surface area (TPSA) is 68.7 Å². The molecule has 0 amide bonds. The third-order valence-electron chi connectivity index (χ3n) is 2.42. The monoisotopic (exact) mass is 259 g/mol. The maximum absolute atomic E-state index is 10.6. The average Bonchev–Trinajstić information content (AvgIpc) is 2.39. The van der Waals surface area contributed by atoms with E-state index < -0.39 is 5.97 Å². The Morgan fingerprint density at radius 1 is 1.26 bits per heavy atom. The fraction of sp³-hybridized carbons (Fsp3) is 0.143. The summed E-state index contributed by atoms with van der Waals surface area (Å²) in [7, 11) is 1.56. The molecule has 5 nitrogen and oxygen atoms in total. The molecule has 0 radical (unpaired) electrons. The van der Waals surface area contributed by atoms with Gasteiger partial charge in [-0.05, 0) is 23.8 Å². The summed E-state index contributed by atoms with van der Waals surface area (Å²) in [6.07, 6.45) is 1.52. The molecule has 1 heterocycles. The first-order valence-corrected chi connectivity index (χ1v) is 5.66. The third kappa shape index (κ3) is 3.70. The number of hydrogen-bond donors (Lipinski definition) is 1. The fourth-order valence-electron chi connectivity index (χ4n) is 1.56. The lowest BCUT2D eigenvalue weighted by Crippen LogP contribution is -2.00. The van der Waals surface area contributed by atoms with Crippen molar-refractivity contribution in [1.82, 2.24) is 4.98 Å². The summed E-state index contributed by atoms with van der Waals surface area (Å²) < 4.78 is 10.5. The molecule has 0 atom stereocenters. The van der Waals surface area contributed by atoms with Crippen molar-refractivity contribution in [3.05, 3.63) is 48.2 Å². The van der Waals surface area contributed by atoms with Gasteiger partial charge in [0.25, 0.3) is 0 Å². The lowest BCUT2D eigenvalue weighted by molar-refractivity contribution is -0.136. The SMILES string of the molecule is COc1ccc(Oc2cccc(CC(=O)O)c2)nc1. The number of methoxy groups -OCH3 is 1. The highest BCUT2D eigenvalue weighted by Gasteiger charge is 2.04. The molecule has 0 aliphatic heterocycles. The smallest absolute Gasteiger partial charge is 0.307 e. The first-order valence-electron chi connectivity index (χ1n) is 5.66. The summed E-state index contributed by atoms with van der Waals surface area (Å²) in [4.78, 5) is 14.7. The van der Waals surface area contributed by atoms with Crippen molar-refractivity contribution in [2.24, 2.45) is 0 Å². The molecule has 5 heteroatoms. The zero-order chi connectivity index (χ0) is 13.7. The van der Waals surface area contributed by atoms with E-state index in [0.717, 1.165) is 0 Å². The molecule has 0 aliphatic rings. The van der Waals surface area contributed by atoms with Crippen LogP contribution in [0, 0.1) is 0 Å². The number of pyridine rings is 1. The zero-order valence-electron chi connectivity index (χ0n) is 10.4. The molecule has 2 rings (SSSR count). The van der Waals surface area contributed by atoms with E-state index in [-0.39, 0.29) is 6.42 Å². The molecule has 0 spiro atoms. The van der Waals surface area contributed by atoms with E-state index >= 15 is 0 Å². The predicted octanol–water partition coefficient (Wildman–Crippen LogP) is 2.51. The van der Waals surface area contributed by atoms with E-state index in [0.29, 0.717) is 22.9 Å². The molecule has 2 aromatic rings. The van der Waals surface area contributed by atoms with Crippen LogP contribution in [0.15, 0.2) is 42.6 Å². The average molecular weight is 259 g/mol. The van der Waals surface area contributed by atoms with Crippen molar-refractivity contribution in [2.75, 3.05) is 7.11 Å². The van der Waals surface area contributed by atoms with Gasteiger partial charge < -0.3 is 14.6 Å². The lowest BCUT2D eigenvalue weighted by atomic mass is 10.1. The van der Waals surface area contributed by atoms with Gasteiger partial charge in [0.15, 0.2) is 0 Å². The molecule has 19 heavy (non-hydrogen) atoms. The van der Waals surface area contributed by atoms with Crippen molar-refractivity contribution in [1.29, 1.82) is 0 Å². The van der Waals surface area contributed by atoms with Crippen LogP contribution in [-0.2, 0) is 11.2 Å². The number of aliphatic carboxylic acids is 1. The van der Waals surface area contributed by atoms with Crippen LogP contribution in [0.1, 0.15) is 5.56 Å². The van der Waals surface area contributed by atoms with E-state index in [4.69, 9.17) is 14.6 Å². The second kappa shape index (κ2) is 5.86. The minimum absolute atomic E-state index is 0.0345. The maximum atomic E-state index is 10.6. The summed E-state index contributed by atoms with van der Waals surface area (Å²) in [6, 6.07) is 10.3. The van der Waals surface area contributed by atoms with Gasteiger partial charge in [-0.15, -0.1) is 0 Å². The molecule has 0 aliphatic carbocycles. The van der Waals surface area contributed by atoms with Gasteiger partial charge >= 0.3 is 5.97 Å². The van der Waals surface area contributed by atoms with Gasteiger partial charge in [0.05, 0.1) is 19.7 Å². The van der Waals surface area contributed by atoms with Gasteiger partial charge in [0, 0.05) is 6.07 Å². The van der Waals surface area contributed by atoms with Crippen LogP contribution in [0.5, 0.6) is 17.4 Å². The summed E-state index contributed by atoms with van der Waals surface area (Å²) in [5.41, 5.74) is 0.679. The van der Waals surface area contributed by atoms with Crippen LogP contribution in [-0.4, -0.2) is 23.2 Å². The first-order chi connectivity index (χ1) is 9.17. The molecule has 0 bridgehead atoms. The van der Waals surface area contributed by atoms with Crippen LogP contribution in [0.3, 0.4) is 0 Å². The second-order valence-electron chi connectivity index (χ2n) is 3.86. The highest BCUT2D eigenvalue weighted by Crippen LogP contribution is 2.22. The number of nitrogens with zero attached hydrogens (tertiary/aromatic N) is 1. The Bertz CT molecular complexity index is 566. The van der Waals surface area contributed by atoms with Crippen LogP contribution < -0.4 is 9.47 Å². The first kappa shape index (κ1) is 12.9. The standard InChI is InChI=1S/C14H13NO4/c1-18-12-5-6-13(15-9-12)19-11-4-2-3-10(7-11)8-14(16)17/h2-7,9H,8H2,1H3,(H,16,17). The van der Waals surface area contributed by atoms with E-state index in [1.54, 1.807) is 49.7 Å². The maximum Gasteiger partial charge on any atom is 0.307 e. The molecule has 1 N–H and O–H groups in total. The number of carboxylic acid groups (broad SMARTS) is 1. The fourth-order valence-corrected chi connectivity index (χ4v) is 1.56. The minimum Gasteiger partial charge on any atom is -0.495 e. The quantitative estimate of drug-likeness (QED) is 0.893. The van der Waals surface area contributed by atoms with Gasteiger partial charge in [-0.2, -0.15) is 0 Å². The summed E-state index contributed by atoms with van der Waals surface area (Å²) in [5.74, 6) is 0.747. The summed E-state index contributed by atoms with van der Waals surface area (Å²) >= 11 is 0. The third-order valence-corrected chi connectivity index (χ3v) is 2.42. The Kier molecular flexibility index (Phi) is 3.97. The molecular formula is C14H13NO4. The second-order valence-corrected chi connectivity index (χ2v) is 3.86. The largest absolute Gasteiger partial charge is 0.495 e. The number of aromatic nitrogens is 1. The molecular weight excluding hydrogens is 246 g/mol. The van der Waals surface area contributed by atoms with Gasteiger partial charge in [0.2, 0.25) is 5.88 Å². The van der Waals surface area contributed by atoms with Crippen molar-refractivity contribution in [3.63, 3.8) is 0 Å². The Balaban J connectivity index is 2.11. The highest BCUT2D eigenvalue weighted by molar-refractivity contribution is 5.70. The molecule has 1 aromatic carbocycles. The van der Waals surface area contributed by atoms with E-state index in [1.165, 1.54) is 0 Å². The summed E-state index contributed by atoms with van der Waals surface area (Å²) in [6.45, 7) is 0. The number of benzene rings is 1. The van der Waals surface area contributed by atoms with Crippen LogP contribution in [0.25, 0.3) is 0 Å². The molecule has 98 valence electrons. The van der Waals surface area contributed by atoms with Crippen molar-refractivity contribution < 1.29 is 19.4 Å². The Hall–Kier alpha value is -2.56. The molecule has 1 aromatic heterocycles. The zero-order valence-corrected chi connectivity index (χ0v) is 10.4. The summed E-state index contributed by atoms with van der Waals surface area (Å²) in [5, 5.41) is 8.74. The van der Waals surface area contributed by atoms with Gasteiger partial charge in [-0.1, -0.05) is 12.1 Å². The van der Waals surface area contributed by atoms with Crippen LogP contribution >= 0.6 is 0 Å². The van der Waals surface area contributed by atoms with Crippen molar-refractivity contribution in [3.8, 4) is 17.4 Å². The van der Waals surface area contributed by atoms with E-state index in [9.17, 15) is 4.79 Å². The lowest BCUT2D eigenvalue weighted by Gasteiger charge is -2.06. The van der Waals surface area contributed by atoms with Crippen molar-refractivity contribution in [2.45, 2.75) is 6.42 Å². The van der Waals surface area contributed by atoms with E-state index in [2.05, 4.69) is 4.98 Å². The number of carboxylic acids is 1. The molecule has 0 saturated carbocycles. The number of hydrogen-bond acceptors (Lipinski definition) is 4. The molecule has 0 fully saturated rings. The van der Waals surface area contributed by atoms with Crippen LogP contribution in [0.2, 0.25) is 0 Å². The molecule has 0 unspecified atom stereocenters. The highest BCUT2D eigenvalue weighted by atomic mass is 16.5. The number of rotatable bonds is 5. The van der Waals surface area contributed by atoms with Crippen molar-refractivity contribution >= 4 is 5.97 Å². The van der Waals surface area contributed by atoms with Crippen LogP contribution in [0.4, 0.5) is 0 Å². The Labute approximate surface area is 110 Å². The predicted molar refractivity (Wildman–Crippen MR) is 68.6 cm³/mol. The number of ether oxygens (including phenoxy) is 2. The Morgan fingerprint density at radius 2 is 2.11 bits per heavy atom. The molecule has 0 saturated heterocycles. The normalized spacial score (nSPS) is 9.95. The van der Waals surface area contributed by atoms with Gasteiger partial charge in [-0.3, -0.25) is 4.79 Å².